The number of carbonyl (C=O) groups excluding carboxylic acids is 1. The van der Waals surface area contributed by atoms with E-state index in [0.29, 0.717) is 12.5 Å². The molecule has 0 bridgehead atoms. The summed E-state index contributed by atoms with van der Waals surface area (Å²) in [7, 11) is 0. The topological polar surface area (TPSA) is 81.6 Å². The van der Waals surface area contributed by atoms with Gasteiger partial charge >= 0.3 is 6.09 Å². The van der Waals surface area contributed by atoms with Crippen LogP contribution in [0.3, 0.4) is 0 Å². The summed E-state index contributed by atoms with van der Waals surface area (Å²) < 4.78 is 5.35. The molecule has 5 heteroatoms. The molecule has 1 amide bonds. The Morgan fingerprint density at radius 3 is 2.33 bits per heavy atom. The number of ether oxygens (including phenoxy) is 1. The van der Waals surface area contributed by atoms with E-state index < -0.39 is 6.09 Å². The lowest BCUT2D eigenvalue weighted by Gasteiger charge is -2.40. The number of piperidine rings is 1. The van der Waals surface area contributed by atoms with Gasteiger partial charge in [-0.25, -0.2) is 4.79 Å². The quantitative estimate of drug-likeness (QED) is 0.792. The van der Waals surface area contributed by atoms with E-state index in [1.165, 1.54) is 0 Å². The second kappa shape index (κ2) is 6.38. The first-order valence-corrected chi connectivity index (χ1v) is 6.73. The van der Waals surface area contributed by atoms with Gasteiger partial charge in [-0.15, -0.1) is 0 Å². The zero-order chi connectivity index (χ0) is 13.8. The number of carbonyl (C=O) groups is 1. The average molecular weight is 257 g/mol. The van der Waals surface area contributed by atoms with Gasteiger partial charge in [0.25, 0.3) is 0 Å². The molecule has 106 valence electrons. The van der Waals surface area contributed by atoms with Crippen LogP contribution in [0.4, 0.5) is 4.79 Å². The smallest absolute Gasteiger partial charge is 0.404 e. The van der Waals surface area contributed by atoms with Crippen LogP contribution in [0.1, 0.15) is 33.6 Å². The number of hydrogen-bond donors (Lipinski definition) is 2. The van der Waals surface area contributed by atoms with E-state index >= 15 is 0 Å². The third kappa shape index (κ3) is 4.46. The SMILES string of the molecule is CC(C)(C)C(OC(N)=O)C1CCN(CCN)CC1. The maximum atomic E-state index is 11.0. The van der Waals surface area contributed by atoms with Crippen molar-refractivity contribution in [3.63, 3.8) is 0 Å². The largest absolute Gasteiger partial charge is 0.446 e. The molecule has 5 nitrogen and oxygen atoms in total. The van der Waals surface area contributed by atoms with Crippen LogP contribution in [0, 0.1) is 11.3 Å². The fourth-order valence-corrected chi connectivity index (χ4v) is 2.77. The Bertz CT molecular complexity index is 268. The minimum atomic E-state index is -0.667. The molecule has 1 rings (SSSR count). The summed E-state index contributed by atoms with van der Waals surface area (Å²) in [6, 6.07) is 0. The predicted octanol–water partition coefficient (Wildman–Crippen LogP) is 1.17. The van der Waals surface area contributed by atoms with Crippen molar-refractivity contribution < 1.29 is 9.53 Å². The first-order valence-electron chi connectivity index (χ1n) is 6.73. The zero-order valence-electron chi connectivity index (χ0n) is 11.8. The highest BCUT2D eigenvalue weighted by molar-refractivity contribution is 5.64. The molecular formula is C13H27N3O2. The molecule has 1 aliphatic heterocycles. The van der Waals surface area contributed by atoms with Crippen molar-refractivity contribution in [1.29, 1.82) is 0 Å². The van der Waals surface area contributed by atoms with Crippen molar-refractivity contribution >= 4 is 6.09 Å². The first-order chi connectivity index (χ1) is 8.34. The fraction of sp³-hybridized carbons (Fsp3) is 0.923. The molecule has 0 spiro atoms. The molecular weight excluding hydrogens is 230 g/mol. The molecule has 0 aliphatic carbocycles. The van der Waals surface area contributed by atoms with Gasteiger partial charge in [0.2, 0.25) is 0 Å². The Balaban J connectivity index is 2.58. The molecule has 0 saturated carbocycles. The number of amides is 1. The molecule has 1 fully saturated rings. The molecule has 4 N–H and O–H groups in total. The van der Waals surface area contributed by atoms with Crippen molar-refractivity contribution in [3.05, 3.63) is 0 Å². The zero-order valence-corrected chi connectivity index (χ0v) is 11.8. The summed E-state index contributed by atoms with van der Waals surface area (Å²) in [5.74, 6) is 0.395. The van der Waals surface area contributed by atoms with E-state index in [1.807, 2.05) is 0 Å². The number of hydrogen-bond acceptors (Lipinski definition) is 4. The monoisotopic (exact) mass is 257 g/mol. The van der Waals surface area contributed by atoms with Crippen LogP contribution in [0.2, 0.25) is 0 Å². The van der Waals surface area contributed by atoms with Crippen LogP contribution in [0.25, 0.3) is 0 Å². The van der Waals surface area contributed by atoms with E-state index in [-0.39, 0.29) is 11.5 Å². The number of likely N-dealkylation sites (tertiary alicyclic amines) is 1. The highest BCUT2D eigenvalue weighted by atomic mass is 16.6. The molecule has 0 radical (unpaired) electrons. The standard InChI is InChI=1S/C13H27N3O2/c1-13(2,3)11(18-12(15)17)10-4-7-16(8-5-10)9-6-14/h10-11H,4-9,14H2,1-3H3,(H2,15,17). The van der Waals surface area contributed by atoms with Crippen molar-refractivity contribution in [2.45, 2.75) is 39.7 Å². The summed E-state index contributed by atoms with van der Waals surface area (Å²) in [4.78, 5) is 13.4. The van der Waals surface area contributed by atoms with Crippen molar-refractivity contribution in [2.24, 2.45) is 22.8 Å². The summed E-state index contributed by atoms with van der Waals surface area (Å²) >= 11 is 0. The maximum Gasteiger partial charge on any atom is 0.404 e. The fourth-order valence-electron chi connectivity index (χ4n) is 2.77. The van der Waals surface area contributed by atoms with Gasteiger partial charge in [0, 0.05) is 13.1 Å². The van der Waals surface area contributed by atoms with Crippen LogP contribution in [-0.2, 0) is 4.74 Å². The molecule has 1 atom stereocenters. The van der Waals surface area contributed by atoms with Gasteiger partial charge in [0.1, 0.15) is 6.10 Å². The van der Waals surface area contributed by atoms with Gasteiger partial charge in [-0.1, -0.05) is 20.8 Å². The van der Waals surface area contributed by atoms with Crippen LogP contribution < -0.4 is 11.5 Å². The Labute approximate surface area is 110 Å². The Morgan fingerprint density at radius 2 is 1.94 bits per heavy atom. The normalized spacial score (nSPS) is 20.7. The van der Waals surface area contributed by atoms with Crippen LogP contribution in [0.5, 0.6) is 0 Å². The average Bonchev–Trinajstić information content (AvgIpc) is 2.26. The van der Waals surface area contributed by atoms with Gasteiger partial charge < -0.3 is 21.1 Å². The minimum absolute atomic E-state index is 0.0737. The van der Waals surface area contributed by atoms with Gasteiger partial charge in [-0.3, -0.25) is 0 Å². The molecule has 18 heavy (non-hydrogen) atoms. The molecule has 1 heterocycles. The lowest BCUT2D eigenvalue weighted by molar-refractivity contribution is -0.0234. The second-order valence-electron chi connectivity index (χ2n) is 6.19. The van der Waals surface area contributed by atoms with Crippen LogP contribution in [0.15, 0.2) is 0 Å². The van der Waals surface area contributed by atoms with Crippen molar-refractivity contribution in [2.75, 3.05) is 26.2 Å². The van der Waals surface area contributed by atoms with Crippen molar-refractivity contribution in [1.82, 2.24) is 4.90 Å². The van der Waals surface area contributed by atoms with E-state index in [4.69, 9.17) is 16.2 Å². The van der Waals surface area contributed by atoms with E-state index in [0.717, 1.165) is 32.5 Å². The highest BCUT2D eigenvalue weighted by Gasteiger charge is 2.36. The number of nitrogens with zero attached hydrogens (tertiary/aromatic N) is 1. The third-order valence-corrected chi connectivity index (χ3v) is 3.60. The lowest BCUT2D eigenvalue weighted by Crippen LogP contribution is -2.46. The first kappa shape index (κ1) is 15.2. The summed E-state index contributed by atoms with van der Waals surface area (Å²) in [5.41, 5.74) is 10.7. The Hall–Kier alpha value is -0.810. The van der Waals surface area contributed by atoms with Gasteiger partial charge in [0.05, 0.1) is 0 Å². The Kier molecular flexibility index (Phi) is 5.41. The predicted molar refractivity (Wildman–Crippen MR) is 72.1 cm³/mol. The van der Waals surface area contributed by atoms with E-state index in [9.17, 15) is 4.79 Å². The van der Waals surface area contributed by atoms with Crippen LogP contribution in [-0.4, -0.2) is 43.3 Å². The number of rotatable bonds is 4. The second-order valence-corrected chi connectivity index (χ2v) is 6.19. The maximum absolute atomic E-state index is 11.0. The van der Waals surface area contributed by atoms with Crippen molar-refractivity contribution in [3.8, 4) is 0 Å². The lowest BCUT2D eigenvalue weighted by atomic mass is 9.77. The number of nitrogens with two attached hydrogens (primary N) is 2. The summed E-state index contributed by atoms with van der Waals surface area (Å²) in [6.45, 7) is 9.97. The molecule has 1 unspecified atom stereocenters. The van der Waals surface area contributed by atoms with Crippen LogP contribution >= 0.6 is 0 Å². The minimum Gasteiger partial charge on any atom is -0.446 e. The van der Waals surface area contributed by atoms with Gasteiger partial charge in [-0.2, -0.15) is 0 Å². The summed E-state index contributed by atoms with van der Waals surface area (Å²) in [6.07, 6.45) is 1.30. The number of primary amides is 1. The Morgan fingerprint density at radius 1 is 1.39 bits per heavy atom. The van der Waals surface area contributed by atoms with Gasteiger partial charge in [-0.05, 0) is 37.3 Å². The summed E-state index contributed by atoms with van der Waals surface area (Å²) in [5, 5.41) is 0. The molecule has 0 aromatic carbocycles. The van der Waals surface area contributed by atoms with E-state index in [2.05, 4.69) is 25.7 Å². The molecule has 0 aromatic rings. The van der Waals surface area contributed by atoms with Gasteiger partial charge in [0.15, 0.2) is 0 Å². The highest BCUT2D eigenvalue weighted by Crippen LogP contribution is 2.34. The molecule has 1 aliphatic rings. The molecule has 0 aromatic heterocycles. The molecule has 1 saturated heterocycles. The third-order valence-electron chi connectivity index (χ3n) is 3.60. The van der Waals surface area contributed by atoms with E-state index in [1.54, 1.807) is 0 Å².